The summed E-state index contributed by atoms with van der Waals surface area (Å²) in [6.45, 7) is 5.35. The van der Waals surface area contributed by atoms with Gasteiger partial charge in [0.2, 0.25) is 5.43 Å². The van der Waals surface area contributed by atoms with Crippen LogP contribution in [-0.2, 0) is 4.74 Å². The highest BCUT2D eigenvalue weighted by molar-refractivity contribution is 6.31. The van der Waals surface area contributed by atoms with Gasteiger partial charge in [0, 0.05) is 6.20 Å². The summed E-state index contributed by atoms with van der Waals surface area (Å²) < 4.78 is 11.5. The molecule has 25 heavy (non-hydrogen) atoms. The van der Waals surface area contributed by atoms with Crippen molar-refractivity contribution in [2.45, 2.75) is 26.8 Å². The zero-order chi connectivity index (χ0) is 18.7. The summed E-state index contributed by atoms with van der Waals surface area (Å²) in [5, 5.41) is 9.68. The normalized spacial score (nSPS) is 12.4. The molecule has 8 nitrogen and oxygen atoms in total. The van der Waals surface area contributed by atoms with E-state index in [4.69, 9.17) is 21.1 Å². The molecule has 2 aromatic heterocycles. The molecular weight excluding hydrogens is 350 g/mol. The fourth-order valence-corrected chi connectivity index (χ4v) is 2.67. The van der Waals surface area contributed by atoms with Gasteiger partial charge in [-0.25, -0.2) is 9.78 Å². The number of nitrogens with zero attached hydrogens (tertiary/aromatic N) is 3. The minimum absolute atomic E-state index is 0.00535. The van der Waals surface area contributed by atoms with Crippen molar-refractivity contribution in [3.05, 3.63) is 27.1 Å². The molecule has 9 heteroatoms. The number of hydrogen-bond acceptors (Lipinski definition) is 7. The van der Waals surface area contributed by atoms with Gasteiger partial charge >= 0.3 is 5.97 Å². The molecule has 0 aliphatic carbocycles. The third-order valence-corrected chi connectivity index (χ3v) is 4.03. The number of rotatable bonds is 6. The van der Waals surface area contributed by atoms with Gasteiger partial charge in [-0.15, -0.1) is 0 Å². The van der Waals surface area contributed by atoms with Gasteiger partial charge < -0.3 is 19.1 Å². The lowest BCUT2D eigenvalue weighted by Gasteiger charge is -2.24. The van der Waals surface area contributed by atoms with Crippen LogP contribution in [0.1, 0.15) is 37.2 Å². The summed E-state index contributed by atoms with van der Waals surface area (Å²) in [5.41, 5.74) is -0.742. The summed E-state index contributed by atoms with van der Waals surface area (Å²) >= 11 is 5.98. The summed E-state index contributed by atoms with van der Waals surface area (Å²) in [6, 6.07) is -0.434. The van der Waals surface area contributed by atoms with Crippen LogP contribution in [0.5, 0.6) is 5.88 Å². The van der Waals surface area contributed by atoms with Crippen LogP contribution >= 0.6 is 11.6 Å². The van der Waals surface area contributed by atoms with Crippen LogP contribution in [0.25, 0.3) is 11.2 Å². The predicted molar refractivity (Wildman–Crippen MR) is 92.3 cm³/mol. The van der Waals surface area contributed by atoms with E-state index in [9.17, 15) is 14.7 Å². The quantitative estimate of drug-likeness (QED) is 0.774. The SMILES string of the molecule is CCOC(=O)c1cn(C(CO)C(C)C)c2nc(OC)c(Cl)nc2c1=O. The molecule has 0 radical (unpaired) electrons. The van der Waals surface area contributed by atoms with Crippen LogP contribution in [0, 0.1) is 5.92 Å². The number of esters is 1. The van der Waals surface area contributed by atoms with Gasteiger partial charge in [0.15, 0.2) is 16.3 Å². The first kappa shape index (κ1) is 19.1. The van der Waals surface area contributed by atoms with Gasteiger partial charge in [-0.3, -0.25) is 4.79 Å². The van der Waals surface area contributed by atoms with Crippen LogP contribution in [0.15, 0.2) is 11.0 Å². The number of hydrogen-bond donors (Lipinski definition) is 1. The Morgan fingerprint density at radius 2 is 2.08 bits per heavy atom. The van der Waals surface area contributed by atoms with E-state index in [-0.39, 0.29) is 46.9 Å². The van der Waals surface area contributed by atoms with Crippen LogP contribution in [0.2, 0.25) is 5.15 Å². The first-order valence-corrected chi connectivity index (χ1v) is 8.17. The number of ether oxygens (including phenoxy) is 2. The zero-order valence-electron chi connectivity index (χ0n) is 14.4. The molecule has 1 atom stereocenters. The first-order valence-electron chi connectivity index (χ1n) is 7.80. The molecule has 0 amide bonds. The number of aliphatic hydroxyl groups excluding tert-OH is 1. The van der Waals surface area contributed by atoms with Crippen LogP contribution in [-0.4, -0.2) is 45.9 Å². The highest BCUT2D eigenvalue weighted by atomic mass is 35.5. The van der Waals surface area contributed by atoms with E-state index in [1.807, 2.05) is 13.8 Å². The molecule has 1 unspecified atom stereocenters. The molecule has 0 aliphatic heterocycles. The van der Waals surface area contributed by atoms with Gasteiger partial charge in [-0.2, -0.15) is 4.98 Å². The molecule has 0 bridgehead atoms. The van der Waals surface area contributed by atoms with Crippen LogP contribution < -0.4 is 10.2 Å². The predicted octanol–water partition coefficient (Wildman–Crippen LogP) is 1.82. The summed E-state index contributed by atoms with van der Waals surface area (Å²) in [5.74, 6) is -0.724. The molecule has 0 saturated heterocycles. The minimum Gasteiger partial charge on any atom is -0.479 e. The lowest BCUT2D eigenvalue weighted by molar-refractivity contribution is 0.0523. The molecule has 0 aromatic carbocycles. The van der Waals surface area contributed by atoms with Gasteiger partial charge in [0.1, 0.15) is 5.56 Å². The van der Waals surface area contributed by atoms with Crippen molar-refractivity contribution >= 4 is 28.7 Å². The highest BCUT2D eigenvalue weighted by Gasteiger charge is 2.24. The number of carbonyl (C=O) groups excluding carboxylic acids is 1. The number of halogens is 1. The largest absolute Gasteiger partial charge is 0.479 e. The number of aliphatic hydroxyl groups is 1. The lowest BCUT2D eigenvalue weighted by atomic mass is 10.0. The summed E-state index contributed by atoms with van der Waals surface area (Å²) in [4.78, 5) is 33.1. The molecule has 0 fully saturated rings. The second kappa shape index (κ2) is 7.79. The van der Waals surface area contributed by atoms with E-state index in [1.54, 1.807) is 11.5 Å². The number of aromatic nitrogens is 3. The molecule has 2 heterocycles. The first-order chi connectivity index (χ1) is 11.8. The molecule has 136 valence electrons. The number of pyridine rings is 1. The standard InChI is InChI=1S/C16H20ClN3O5/c1-5-25-16(23)9-6-20(10(7-21)8(2)3)14-11(12(9)22)18-13(17)15(19-14)24-4/h6,8,10,21H,5,7H2,1-4H3. The zero-order valence-corrected chi connectivity index (χ0v) is 15.2. The molecule has 0 saturated carbocycles. The Balaban J connectivity index is 2.89. The van der Waals surface area contributed by atoms with Gasteiger partial charge in [0.05, 0.1) is 26.4 Å². The van der Waals surface area contributed by atoms with Crippen molar-refractivity contribution in [2.75, 3.05) is 20.3 Å². The van der Waals surface area contributed by atoms with E-state index in [0.29, 0.717) is 0 Å². The van der Waals surface area contributed by atoms with Crippen LogP contribution in [0.3, 0.4) is 0 Å². The van der Waals surface area contributed by atoms with Crippen molar-refractivity contribution in [3.8, 4) is 5.88 Å². The maximum atomic E-state index is 12.7. The van der Waals surface area contributed by atoms with Crippen molar-refractivity contribution in [1.82, 2.24) is 14.5 Å². The number of fused-ring (bicyclic) bond motifs is 1. The smallest absolute Gasteiger partial charge is 0.343 e. The van der Waals surface area contributed by atoms with E-state index in [2.05, 4.69) is 9.97 Å². The molecule has 2 aromatic rings. The Hall–Kier alpha value is -2.19. The fraction of sp³-hybridized carbons (Fsp3) is 0.500. The van der Waals surface area contributed by atoms with Gasteiger partial charge in [0.25, 0.3) is 5.88 Å². The summed E-state index contributed by atoms with van der Waals surface area (Å²) in [7, 11) is 1.38. The summed E-state index contributed by atoms with van der Waals surface area (Å²) in [6.07, 6.45) is 1.34. The van der Waals surface area contributed by atoms with E-state index in [1.165, 1.54) is 13.3 Å². The van der Waals surface area contributed by atoms with E-state index >= 15 is 0 Å². The molecule has 0 aliphatic rings. The maximum absolute atomic E-state index is 12.7. The van der Waals surface area contributed by atoms with Crippen molar-refractivity contribution in [3.63, 3.8) is 0 Å². The highest BCUT2D eigenvalue weighted by Crippen LogP contribution is 2.26. The topological polar surface area (TPSA) is 104 Å². The van der Waals surface area contributed by atoms with Crippen molar-refractivity contribution in [2.24, 2.45) is 5.92 Å². The Labute approximate surface area is 149 Å². The second-order valence-corrected chi connectivity index (χ2v) is 6.05. The van der Waals surface area contributed by atoms with Crippen LogP contribution in [0.4, 0.5) is 0 Å². The van der Waals surface area contributed by atoms with Crippen molar-refractivity contribution in [1.29, 1.82) is 0 Å². The van der Waals surface area contributed by atoms with Crippen molar-refractivity contribution < 1.29 is 19.4 Å². The number of carbonyl (C=O) groups is 1. The average Bonchev–Trinajstić information content (AvgIpc) is 2.57. The molecule has 1 N–H and O–H groups in total. The molecular formula is C16H20ClN3O5. The maximum Gasteiger partial charge on any atom is 0.343 e. The third kappa shape index (κ3) is 3.59. The van der Waals surface area contributed by atoms with Gasteiger partial charge in [-0.1, -0.05) is 25.4 Å². The second-order valence-electron chi connectivity index (χ2n) is 5.69. The minimum atomic E-state index is -0.766. The Bertz CT molecular complexity index is 850. The monoisotopic (exact) mass is 369 g/mol. The third-order valence-electron chi connectivity index (χ3n) is 3.78. The van der Waals surface area contributed by atoms with Gasteiger partial charge in [-0.05, 0) is 12.8 Å². The van der Waals surface area contributed by atoms with E-state index < -0.39 is 17.4 Å². The fourth-order valence-electron chi connectivity index (χ4n) is 2.47. The Morgan fingerprint density at radius 3 is 2.60 bits per heavy atom. The Kier molecular flexibility index (Phi) is 5.97. The Morgan fingerprint density at radius 1 is 1.40 bits per heavy atom. The average molecular weight is 370 g/mol. The lowest BCUT2D eigenvalue weighted by Crippen LogP contribution is -2.27. The molecule has 2 rings (SSSR count). The number of methoxy groups -OCH3 is 1. The molecule has 0 spiro atoms. The van der Waals surface area contributed by atoms with E-state index in [0.717, 1.165) is 0 Å².